The van der Waals surface area contributed by atoms with Crippen LogP contribution in [0.1, 0.15) is 11.1 Å². The van der Waals surface area contributed by atoms with E-state index in [1.54, 1.807) is 43.3 Å². The second-order valence-electron chi connectivity index (χ2n) is 5.33. The average Bonchev–Trinajstić information content (AvgIpc) is 2.88. The number of carbonyl (C=O) groups is 1. The number of benzene rings is 1. The Morgan fingerprint density at radius 3 is 2.42 bits per heavy atom. The van der Waals surface area contributed by atoms with Gasteiger partial charge in [-0.25, -0.2) is 9.98 Å². The minimum atomic E-state index is -4.94. The molecule has 1 amide bonds. The van der Waals surface area contributed by atoms with E-state index in [1.807, 2.05) is 0 Å². The Balaban J connectivity index is 2.04. The minimum Gasteiger partial charge on any atom is -0.331 e. The molecule has 2 N–H and O–H groups in total. The summed E-state index contributed by atoms with van der Waals surface area (Å²) in [4.78, 5) is 19.7. The number of rotatable bonds is 3. The lowest BCUT2D eigenvalue weighted by Crippen LogP contribution is -2.57. The van der Waals surface area contributed by atoms with Gasteiger partial charge in [0.25, 0.3) is 5.91 Å². The van der Waals surface area contributed by atoms with Crippen molar-refractivity contribution in [3.05, 3.63) is 59.8 Å². The first-order valence-electron chi connectivity index (χ1n) is 7.06. The molecule has 0 bridgehead atoms. The minimum absolute atomic E-state index is 0.0915. The lowest BCUT2D eigenvalue weighted by molar-refractivity contribution is -0.181. The number of amidine groups is 1. The number of aryl methyl sites for hydroxylation is 1. The highest BCUT2D eigenvalue weighted by Crippen LogP contribution is 2.37. The molecule has 1 aromatic carbocycles. The maximum Gasteiger partial charge on any atom is 0.442 e. The van der Waals surface area contributed by atoms with E-state index in [2.05, 4.69) is 20.6 Å². The van der Waals surface area contributed by atoms with Crippen LogP contribution in [0.25, 0.3) is 0 Å². The zero-order valence-corrected chi connectivity index (χ0v) is 12.6. The molecule has 0 fully saturated rings. The summed E-state index contributed by atoms with van der Waals surface area (Å²) in [6, 6.07) is 11.1. The summed E-state index contributed by atoms with van der Waals surface area (Å²) < 4.78 is 41.0. The number of aliphatic imine (C=N–C) groups is 1. The van der Waals surface area contributed by atoms with Gasteiger partial charge < -0.3 is 10.6 Å². The zero-order valence-electron chi connectivity index (χ0n) is 12.6. The molecule has 0 spiro atoms. The van der Waals surface area contributed by atoms with Crippen LogP contribution in [0.3, 0.4) is 0 Å². The number of hydrogen-bond donors (Lipinski definition) is 2. The van der Waals surface area contributed by atoms with Crippen molar-refractivity contribution in [3.63, 3.8) is 0 Å². The van der Waals surface area contributed by atoms with Gasteiger partial charge in [0.05, 0.1) is 0 Å². The molecule has 1 aliphatic rings. The molecule has 1 atom stereocenters. The van der Waals surface area contributed by atoms with E-state index in [4.69, 9.17) is 0 Å². The van der Waals surface area contributed by atoms with E-state index in [1.165, 1.54) is 12.3 Å². The first-order chi connectivity index (χ1) is 11.3. The molecule has 5 nitrogen and oxygen atoms in total. The fourth-order valence-electron chi connectivity index (χ4n) is 2.25. The molecule has 3 rings (SSSR count). The molecular weight excluding hydrogens is 321 g/mol. The topological polar surface area (TPSA) is 66.4 Å². The van der Waals surface area contributed by atoms with Gasteiger partial charge in [-0.1, -0.05) is 36.4 Å². The average molecular weight is 334 g/mol. The van der Waals surface area contributed by atoms with Gasteiger partial charge in [0.2, 0.25) is 0 Å². The molecule has 24 heavy (non-hydrogen) atoms. The van der Waals surface area contributed by atoms with Gasteiger partial charge in [0.1, 0.15) is 11.7 Å². The van der Waals surface area contributed by atoms with Gasteiger partial charge >= 0.3 is 11.8 Å². The summed E-state index contributed by atoms with van der Waals surface area (Å²) in [5.74, 6) is -1.53. The Morgan fingerprint density at radius 1 is 1.12 bits per heavy atom. The summed E-state index contributed by atoms with van der Waals surface area (Å²) in [7, 11) is 0. The van der Waals surface area contributed by atoms with Crippen LogP contribution in [0, 0.1) is 6.92 Å². The molecule has 0 saturated carbocycles. The van der Waals surface area contributed by atoms with Crippen molar-refractivity contribution in [2.24, 2.45) is 4.99 Å². The molecule has 2 aromatic rings. The molecule has 0 saturated heterocycles. The molecule has 8 heteroatoms. The van der Waals surface area contributed by atoms with E-state index in [0.717, 1.165) is 5.56 Å². The number of hydrogen-bond acceptors (Lipinski definition) is 4. The number of carbonyl (C=O) groups excluding carboxylic acids is 1. The highest BCUT2D eigenvalue weighted by molar-refractivity contribution is 6.16. The lowest BCUT2D eigenvalue weighted by Gasteiger charge is -2.27. The molecule has 0 unspecified atom stereocenters. The van der Waals surface area contributed by atoms with Crippen LogP contribution in [0.15, 0.2) is 53.7 Å². The highest BCUT2D eigenvalue weighted by atomic mass is 19.4. The van der Waals surface area contributed by atoms with E-state index in [0.29, 0.717) is 5.56 Å². The van der Waals surface area contributed by atoms with Crippen LogP contribution in [0.2, 0.25) is 0 Å². The molecule has 1 aliphatic heterocycles. The molecule has 2 heterocycles. The van der Waals surface area contributed by atoms with E-state index < -0.39 is 17.7 Å². The van der Waals surface area contributed by atoms with Crippen molar-refractivity contribution in [1.29, 1.82) is 0 Å². The van der Waals surface area contributed by atoms with Crippen LogP contribution in [-0.4, -0.2) is 28.6 Å². The SMILES string of the molecule is Cc1ccc(N[C@@]2(C(F)(F)F)N=C(c3ccccc3)NC2=O)nc1. The zero-order chi connectivity index (χ0) is 17.4. The maximum absolute atomic E-state index is 13.7. The molecular formula is C16H13F3N4O. The number of aromatic nitrogens is 1. The normalized spacial score (nSPS) is 20.5. The number of alkyl halides is 3. The van der Waals surface area contributed by atoms with Crippen molar-refractivity contribution in [2.45, 2.75) is 18.8 Å². The molecule has 1 aromatic heterocycles. The second-order valence-corrected chi connectivity index (χ2v) is 5.33. The summed E-state index contributed by atoms with van der Waals surface area (Å²) in [5.41, 5.74) is -1.94. The van der Waals surface area contributed by atoms with Crippen molar-refractivity contribution in [1.82, 2.24) is 10.3 Å². The lowest BCUT2D eigenvalue weighted by atomic mass is 10.1. The van der Waals surface area contributed by atoms with Gasteiger partial charge in [-0.05, 0) is 18.6 Å². The van der Waals surface area contributed by atoms with Gasteiger partial charge in [0.15, 0.2) is 0 Å². The number of anilines is 1. The van der Waals surface area contributed by atoms with Gasteiger partial charge in [0, 0.05) is 11.8 Å². The Labute approximate surface area is 135 Å². The first-order valence-corrected chi connectivity index (χ1v) is 7.06. The third-order valence-corrected chi connectivity index (χ3v) is 3.52. The predicted octanol–water partition coefficient (Wildman–Crippen LogP) is 2.64. The largest absolute Gasteiger partial charge is 0.442 e. The van der Waals surface area contributed by atoms with E-state index >= 15 is 0 Å². The molecule has 124 valence electrons. The third kappa shape index (κ3) is 2.70. The Bertz CT molecular complexity index is 787. The summed E-state index contributed by atoms with van der Waals surface area (Å²) in [6.45, 7) is 1.75. The standard InChI is InChI=1S/C16H13F3N4O/c1-10-7-8-12(20-9-10)22-15(16(17,18)19)14(24)21-13(23-15)11-5-3-2-4-6-11/h2-9H,1H3,(H,20,22)(H,21,23,24)/t15-/m1/s1. The van der Waals surface area contributed by atoms with Crippen LogP contribution in [0.5, 0.6) is 0 Å². The van der Waals surface area contributed by atoms with Crippen molar-refractivity contribution >= 4 is 17.6 Å². The fourth-order valence-corrected chi connectivity index (χ4v) is 2.25. The second kappa shape index (κ2) is 5.63. The number of pyridine rings is 1. The quantitative estimate of drug-likeness (QED) is 0.907. The number of nitrogens with zero attached hydrogens (tertiary/aromatic N) is 2. The first kappa shape index (κ1) is 16.0. The van der Waals surface area contributed by atoms with E-state index in [9.17, 15) is 18.0 Å². The van der Waals surface area contributed by atoms with Crippen LogP contribution in [-0.2, 0) is 4.79 Å². The highest BCUT2D eigenvalue weighted by Gasteiger charge is 2.64. The predicted molar refractivity (Wildman–Crippen MR) is 82.5 cm³/mol. The smallest absolute Gasteiger partial charge is 0.331 e. The number of halogens is 3. The Morgan fingerprint density at radius 2 is 1.83 bits per heavy atom. The van der Waals surface area contributed by atoms with Crippen molar-refractivity contribution < 1.29 is 18.0 Å². The van der Waals surface area contributed by atoms with Crippen molar-refractivity contribution in [3.8, 4) is 0 Å². The number of amides is 1. The van der Waals surface area contributed by atoms with E-state index in [-0.39, 0.29) is 11.7 Å². The molecule has 0 aliphatic carbocycles. The molecule has 0 radical (unpaired) electrons. The maximum atomic E-state index is 13.7. The van der Waals surface area contributed by atoms with Gasteiger partial charge in [-0.3, -0.25) is 4.79 Å². The van der Waals surface area contributed by atoms with Crippen LogP contribution < -0.4 is 10.6 Å². The Kier molecular flexibility index (Phi) is 3.75. The van der Waals surface area contributed by atoms with Gasteiger partial charge in [-0.2, -0.15) is 13.2 Å². The monoisotopic (exact) mass is 334 g/mol. The third-order valence-electron chi connectivity index (χ3n) is 3.52. The fraction of sp³-hybridized carbons (Fsp3) is 0.188. The Hall–Kier alpha value is -2.90. The number of nitrogens with one attached hydrogen (secondary N) is 2. The van der Waals surface area contributed by atoms with Gasteiger partial charge in [-0.15, -0.1) is 0 Å². The van der Waals surface area contributed by atoms with Crippen LogP contribution >= 0.6 is 0 Å². The summed E-state index contributed by atoms with van der Waals surface area (Å²) >= 11 is 0. The van der Waals surface area contributed by atoms with Crippen LogP contribution in [0.4, 0.5) is 19.0 Å². The summed E-state index contributed by atoms with van der Waals surface area (Å²) in [5, 5.41) is 4.34. The van der Waals surface area contributed by atoms with Crippen molar-refractivity contribution in [2.75, 3.05) is 5.32 Å². The summed E-state index contributed by atoms with van der Waals surface area (Å²) in [6.07, 6.45) is -3.54.